The Bertz CT molecular complexity index is 1940. The Morgan fingerprint density at radius 2 is 1.63 bits per heavy atom. The van der Waals surface area contributed by atoms with E-state index in [4.69, 9.17) is 9.47 Å². The van der Waals surface area contributed by atoms with Gasteiger partial charge < -0.3 is 25.0 Å². The van der Waals surface area contributed by atoms with Crippen molar-refractivity contribution in [1.29, 1.82) is 0 Å². The van der Waals surface area contributed by atoms with Crippen molar-refractivity contribution in [3.05, 3.63) is 88.7 Å². The van der Waals surface area contributed by atoms with Crippen molar-refractivity contribution in [3.63, 3.8) is 0 Å². The normalized spacial score (nSPS) is 20.5. The number of aliphatic hydroxyl groups is 2. The molecule has 3 aromatic carbocycles. The van der Waals surface area contributed by atoms with Crippen LogP contribution < -0.4 is 14.4 Å². The Labute approximate surface area is 286 Å². The van der Waals surface area contributed by atoms with Gasteiger partial charge in [-0.3, -0.25) is 9.10 Å². The minimum Gasteiger partial charge on any atom is -0.485 e. The molecule has 0 bridgehead atoms. The average Bonchev–Trinajstić information content (AvgIpc) is 3.04. The molecular weight excluding hydrogens is 717 g/mol. The number of aryl methyl sites for hydroxylation is 1. The highest BCUT2D eigenvalue weighted by molar-refractivity contribution is 7.92. The van der Waals surface area contributed by atoms with Crippen LogP contribution in [0.4, 0.5) is 36.4 Å². The molecule has 2 heterocycles. The van der Waals surface area contributed by atoms with Gasteiger partial charge >= 0.3 is 18.3 Å². The van der Waals surface area contributed by atoms with Crippen LogP contribution in [0.5, 0.6) is 5.75 Å². The van der Waals surface area contributed by atoms with Gasteiger partial charge in [-0.05, 0) is 80.8 Å². The topological polar surface area (TPSA) is 142 Å². The lowest BCUT2D eigenvalue weighted by Gasteiger charge is -2.43. The van der Waals surface area contributed by atoms with Crippen LogP contribution in [0.15, 0.2) is 65.6 Å². The molecule has 3 N–H and O–H groups in total. The number of nitrogens with one attached hydrogen (secondary N) is 1. The second kappa shape index (κ2) is 13.0. The van der Waals surface area contributed by atoms with Gasteiger partial charge in [0.25, 0.3) is 15.6 Å². The number of sulfonamides is 1. The van der Waals surface area contributed by atoms with Crippen molar-refractivity contribution in [2.75, 3.05) is 11.4 Å². The molecule has 18 heteroatoms. The van der Waals surface area contributed by atoms with Crippen LogP contribution >= 0.6 is 0 Å². The number of halogens is 7. The molecule has 10 nitrogen and oxygen atoms in total. The number of benzene rings is 3. The fourth-order valence-corrected chi connectivity index (χ4v) is 7.94. The van der Waals surface area contributed by atoms with Gasteiger partial charge in [-0.1, -0.05) is 12.1 Å². The molecule has 5 rings (SSSR count). The summed E-state index contributed by atoms with van der Waals surface area (Å²) in [6.45, 7) is 3.08. The Balaban J connectivity index is 1.55. The molecule has 0 radical (unpaired) electrons. The maximum Gasteiger partial charge on any atom is 0.430 e. The number of methoxy groups -OCH3 is 1. The van der Waals surface area contributed by atoms with Gasteiger partial charge in [0.15, 0.2) is 0 Å². The van der Waals surface area contributed by atoms with E-state index >= 15 is 0 Å². The smallest absolute Gasteiger partial charge is 0.430 e. The molecule has 0 saturated carbocycles. The molecule has 3 aromatic rings. The Morgan fingerprint density at radius 3 is 2.22 bits per heavy atom. The molecule has 0 unspecified atom stereocenters. The van der Waals surface area contributed by atoms with E-state index in [-0.39, 0.29) is 41.0 Å². The number of hydrogen-bond acceptors (Lipinski definition) is 8. The summed E-state index contributed by atoms with van der Waals surface area (Å²) in [7, 11) is -3.61. The summed E-state index contributed by atoms with van der Waals surface area (Å²) >= 11 is 0. The van der Waals surface area contributed by atoms with E-state index in [0.717, 1.165) is 31.4 Å². The molecule has 0 spiro atoms. The Hall–Kier alpha value is -4.42. The van der Waals surface area contributed by atoms with Crippen molar-refractivity contribution >= 4 is 27.6 Å². The van der Waals surface area contributed by atoms with Crippen LogP contribution in [0, 0.1) is 5.82 Å². The molecule has 0 aromatic heterocycles. The summed E-state index contributed by atoms with van der Waals surface area (Å²) < 4.78 is 135. The Morgan fingerprint density at radius 1 is 1.00 bits per heavy atom. The van der Waals surface area contributed by atoms with Gasteiger partial charge in [0, 0.05) is 17.5 Å². The number of ether oxygens (including phenoxy) is 2. The van der Waals surface area contributed by atoms with Crippen LogP contribution in [-0.4, -0.2) is 67.7 Å². The number of carbonyl (C=O) groups is 2. The van der Waals surface area contributed by atoms with Gasteiger partial charge in [0.2, 0.25) is 5.91 Å². The predicted octanol–water partition coefficient (Wildman–Crippen LogP) is 5.21. The van der Waals surface area contributed by atoms with Crippen LogP contribution in [-0.2, 0) is 31.6 Å². The fraction of sp³-hybridized carbons (Fsp3) is 0.394. The molecule has 3 atom stereocenters. The number of nitrogens with zero attached hydrogens (tertiary/aromatic N) is 1. The lowest BCUT2D eigenvalue weighted by molar-refractivity contribution is -0.376. The van der Waals surface area contributed by atoms with Gasteiger partial charge in [-0.25, -0.2) is 17.6 Å². The largest absolute Gasteiger partial charge is 0.485 e. The second-order valence-corrected chi connectivity index (χ2v) is 14.5. The van der Waals surface area contributed by atoms with Gasteiger partial charge in [0.1, 0.15) is 23.3 Å². The number of esters is 1. The number of rotatable bonds is 7. The third kappa shape index (κ3) is 6.71. The molecule has 1 amide bonds. The summed E-state index contributed by atoms with van der Waals surface area (Å²) in [6, 6.07) is 6.51. The highest BCUT2D eigenvalue weighted by Crippen LogP contribution is 2.51. The quantitative estimate of drug-likeness (QED) is 0.221. The molecule has 0 aliphatic carbocycles. The third-order valence-electron chi connectivity index (χ3n) is 8.91. The van der Waals surface area contributed by atoms with Gasteiger partial charge in [-0.15, -0.1) is 0 Å². The molecule has 0 saturated heterocycles. The number of carbonyl (C=O) groups excluding carboxylic acids is 2. The van der Waals surface area contributed by atoms with E-state index < -0.39 is 86.3 Å². The number of hydrogen-bond donors (Lipinski definition) is 3. The fourth-order valence-electron chi connectivity index (χ4n) is 6.23. The summed E-state index contributed by atoms with van der Waals surface area (Å²) in [5.74, 6) is -2.15. The number of amides is 1. The number of anilines is 1. The molecule has 51 heavy (non-hydrogen) atoms. The standard InChI is InChI=1S/C33H31F7N2O8S/c1-30(2)28(44)27(23-15-18(29(45)49-3)5-13-25(23)50-30)41-26(43)16-21-9-4-17-14-19(31(46,32(35,36)37)33(38,39)40)6-12-24(17)42(21)51(47,48)22-10-7-20(34)8-11-22/h5-8,10-15,21,27-28,44,46H,4,9,16H2,1-3H3,(H,41,43)/t21-,27+,28-/m0/s1. The summed E-state index contributed by atoms with van der Waals surface area (Å²) in [4.78, 5) is 25.4. The third-order valence-corrected chi connectivity index (χ3v) is 10.8. The Kier molecular flexibility index (Phi) is 9.62. The van der Waals surface area contributed by atoms with Crippen molar-refractivity contribution < 1.29 is 68.4 Å². The highest BCUT2D eigenvalue weighted by Gasteiger charge is 2.71. The van der Waals surface area contributed by atoms with Crippen molar-refractivity contribution in [3.8, 4) is 5.75 Å². The summed E-state index contributed by atoms with van der Waals surface area (Å²) in [6.07, 6.45) is -15.1. The first-order valence-electron chi connectivity index (χ1n) is 15.2. The number of aliphatic hydroxyl groups excluding tert-OH is 1. The lowest BCUT2D eigenvalue weighted by Crippen LogP contribution is -2.54. The maximum atomic E-state index is 14.0. The van der Waals surface area contributed by atoms with E-state index in [1.165, 1.54) is 32.0 Å². The van der Waals surface area contributed by atoms with Gasteiger partial charge in [-0.2, -0.15) is 26.3 Å². The number of alkyl halides is 6. The van der Waals surface area contributed by atoms with Crippen LogP contribution in [0.25, 0.3) is 0 Å². The van der Waals surface area contributed by atoms with Crippen molar-refractivity contribution in [1.82, 2.24) is 5.32 Å². The maximum absolute atomic E-state index is 14.0. The van der Waals surface area contributed by atoms with Crippen molar-refractivity contribution in [2.45, 2.75) is 79.7 Å². The molecule has 2 aliphatic heterocycles. The molecule has 0 fully saturated rings. The van der Waals surface area contributed by atoms with Crippen LogP contribution in [0.2, 0.25) is 0 Å². The molecular formula is C33H31F7N2O8S. The zero-order chi connectivity index (χ0) is 37.9. The van der Waals surface area contributed by atoms with E-state index in [2.05, 4.69) is 5.32 Å². The van der Waals surface area contributed by atoms with E-state index in [0.29, 0.717) is 22.5 Å². The monoisotopic (exact) mass is 748 g/mol. The van der Waals surface area contributed by atoms with Crippen LogP contribution in [0.3, 0.4) is 0 Å². The predicted molar refractivity (Wildman–Crippen MR) is 165 cm³/mol. The van der Waals surface area contributed by atoms with E-state index in [1.54, 1.807) is 0 Å². The minimum atomic E-state index is -6.20. The van der Waals surface area contributed by atoms with E-state index in [9.17, 15) is 59.0 Å². The summed E-state index contributed by atoms with van der Waals surface area (Å²) in [5, 5.41) is 23.8. The first kappa shape index (κ1) is 37.8. The molecule has 2 aliphatic rings. The van der Waals surface area contributed by atoms with E-state index in [1.807, 2.05) is 0 Å². The number of fused-ring (bicyclic) bond motifs is 2. The van der Waals surface area contributed by atoms with Crippen molar-refractivity contribution in [2.24, 2.45) is 0 Å². The SMILES string of the molecule is COC(=O)c1ccc2c(c1)[C@@H](NC(=O)C[C@@H]1CCc3cc(C(O)(C(F)(F)F)C(F)(F)F)ccc3N1S(=O)(=O)c1ccc(F)cc1)[C@H](O)C(C)(C)O2. The average molecular weight is 749 g/mol. The highest BCUT2D eigenvalue weighted by atomic mass is 32.2. The first-order valence-corrected chi connectivity index (χ1v) is 16.6. The summed E-state index contributed by atoms with van der Waals surface area (Å²) in [5.41, 5.74) is -8.59. The lowest BCUT2D eigenvalue weighted by atomic mass is 9.85. The zero-order valence-corrected chi connectivity index (χ0v) is 27.8. The second-order valence-electron chi connectivity index (χ2n) is 12.6. The van der Waals surface area contributed by atoms with Crippen LogP contribution in [0.1, 0.15) is 59.8 Å². The minimum absolute atomic E-state index is 0.0637. The van der Waals surface area contributed by atoms with Gasteiger partial charge in [0.05, 0.1) is 35.3 Å². The molecule has 276 valence electrons. The first-order chi connectivity index (χ1) is 23.5. The zero-order valence-electron chi connectivity index (χ0n) is 27.0.